The summed E-state index contributed by atoms with van der Waals surface area (Å²) >= 11 is 5.63. The van der Waals surface area contributed by atoms with Gasteiger partial charge in [-0.3, -0.25) is 0 Å². The number of nitrogens with one attached hydrogen (secondary N) is 1. The highest BCUT2D eigenvalue weighted by molar-refractivity contribution is 14.1. The molecule has 0 bridgehead atoms. The molecule has 2 aromatic rings. The Morgan fingerprint density at radius 2 is 2.06 bits per heavy atom. The average molecular weight is 418 g/mol. The van der Waals surface area contributed by atoms with Crippen LogP contribution in [0.25, 0.3) is 0 Å². The van der Waals surface area contributed by atoms with Crippen LogP contribution >= 0.6 is 38.5 Å². The Hall–Kier alpha value is -0.750. The van der Waals surface area contributed by atoms with E-state index in [0.29, 0.717) is 12.3 Å². The van der Waals surface area contributed by atoms with E-state index in [-0.39, 0.29) is 0 Å². The van der Waals surface area contributed by atoms with Crippen molar-refractivity contribution in [2.24, 2.45) is 0 Å². The maximum absolute atomic E-state index is 9.89. The van der Waals surface area contributed by atoms with Crippen LogP contribution in [0.5, 0.6) is 5.75 Å². The summed E-state index contributed by atoms with van der Waals surface area (Å²) in [5.41, 5.74) is 3.20. The van der Waals surface area contributed by atoms with E-state index in [0.717, 1.165) is 15.7 Å². The molecule has 0 aliphatic heterocycles. The third kappa shape index (κ3) is 3.17. The Bertz CT molecular complexity index is 572. The molecule has 2 rings (SSSR count). The Balaban J connectivity index is 2.11. The molecule has 0 amide bonds. The minimum Gasteiger partial charge on any atom is -0.506 e. The Kier molecular flexibility index (Phi) is 4.50. The minimum absolute atomic E-state index is 0.298. The van der Waals surface area contributed by atoms with Gasteiger partial charge in [0.15, 0.2) is 0 Å². The van der Waals surface area contributed by atoms with Gasteiger partial charge in [0.05, 0.1) is 4.47 Å². The van der Waals surface area contributed by atoms with Crippen molar-refractivity contribution in [2.75, 3.05) is 5.32 Å². The highest BCUT2D eigenvalue weighted by atomic mass is 127. The number of rotatable bonds is 3. The van der Waals surface area contributed by atoms with Crippen molar-refractivity contribution in [1.82, 2.24) is 0 Å². The molecule has 0 heterocycles. The Morgan fingerprint density at radius 3 is 2.78 bits per heavy atom. The predicted molar refractivity (Wildman–Crippen MR) is 87.0 cm³/mol. The molecule has 2 nitrogen and oxygen atoms in total. The fourth-order valence-corrected chi connectivity index (χ4v) is 2.53. The largest absolute Gasteiger partial charge is 0.506 e. The molecule has 0 saturated heterocycles. The van der Waals surface area contributed by atoms with Gasteiger partial charge >= 0.3 is 0 Å². The van der Waals surface area contributed by atoms with Crippen molar-refractivity contribution in [1.29, 1.82) is 0 Å². The van der Waals surface area contributed by atoms with Crippen LogP contribution in [0.3, 0.4) is 0 Å². The second kappa shape index (κ2) is 5.93. The maximum atomic E-state index is 9.89. The predicted octanol–water partition coefficient (Wildman–Crippen LogP) is 4.68. The monoisotopic (exact) mass is 417 g/mol. The van der Waals surface area contributed by atoms with Crippen LogP contribution in [0.4, 0.5) is 5.69 Å². The van der Waals surface area contributed by atoms with E-state index in [1.807, 2.05) is 24.3 Å². The summed E-state index contributed by atoms with van der Waals surface area (Å²) in [6.45, 7) is 2.69. The van der Waals surface area contributed by atoms with Gasteiger partial charge in [0.1, 0.15) is 5.75 Å². The van der Waals surface area contributed by atoms with Gasteiger partial charge in [-0.15, -0.1) is 0 Å². The lowest BCUT2D eigenvalue weighted by Crippen LogP contribution is -2.00. The molecule has 0 unspecified atom stereocenters. The molecule has 0 aliphatic carbocycles. The van der Waals surface area contributed by atoms with Crippen molar-refractivity contribution in [3.63, 3.8) is 0 Å². The number of phenols is 1. The van der Waals surface area contributed by atoms with Gasteiger partial charge in [-0.2, -0.15) is 0 Å². The summed E-state index contributed by atoms with van der Waals surface area (Å²) < 4.78 is 1.95. The number of hydrogen-bond acceptors (Lipinski definition) is 2. The SMILES string of the molecule is Cc1ccc(NCc2cccc(Br)c2O)cc1I. The van der Waals surface area contributed by atoms with Gasteiger partial charge < -0.3 is 10.4 Å². The third-order valence-electron chi connectivity index (χ3n) is 2.73. The zero-order valence-corrected chi connectivity index (χ0v) is 13.6. The minimum atomic E-state index is 0.298. The summed E-state index contributed by atoms with van der Waals surface area (Å²) in [6, 6.07) is 11.9. The maximum Gasteiger partial charge on any atom is 0.134 e. The van der Waals surface area contributed by atoms with Gasteiger partial charge in [-0.05, 0) is 69.2 Å². The number of hydrogen-bond donors (Lipinski definition) is 2. The molecule has 2 N–H and O–H groups in total. The second-order valence-electron chi connectivity index (χ2n) is 4.07. The fourth-order valence-electron chi connectivity index (χ4n) is 1.60. The van der Waals surface area contributed by atoms with Crippen molar-refractivity contribution >= 4 is 44.2 Å². The molecule has 4 heteroatoms. The molecule has 0 atom stereocenters. The first-order valence-corrected chi connectivity index (χ1v) is 7.41. The molecule has 18 heavy (non-hydrogen) atoms. The quantitative estimate of drug-likeness (QED) is 0.710. The van der Waals surface area contributed by atoms with E-state index in [9.17, 15) is 5.11 Å². The molecular formula is C14H13BrINO. The number of para-hydroxylation sites is 1. The first-order valence-electron chi connectivity index (χ1n) is 5.54. The zero-order valence-electron chi connectivity index (χ0n) is 9.87. The molecule has 0 radical (unpaired) electrons. The third-order valence-corrected chi connectivity index (χ3v) is 4.53. The van der Waals surface area contributed by atoms with Crippen LogP contribution in [-0.2, 0) is 6.54 Å². The lowest BCUT2D eigenvalue weighted by atomic mass is 10.2. The summed E-state index contributed by atoms with van der Waals surface area (Å²) in [5.74, 6) is 0.298. The summed E-state index contributed by atoms with van der Waals surface area (Å²) in [6.07, 6.45) is 0. The molecule has 0 saturated carbocycles. The molecule has 0 aliphatic rings. The van der Waals surface area contributed by atoms with E-state index in [4.69, 9.17) is 0 Å². The zero-order chi connectivity index (χ0) is 13.1. The highest BCUT2D eigenvalue weighted by Gasteiger charge is 2.04. The van der Waals surface area contributed by atoms with Crippen LogP contribution in [0.1, 0.15) is 11.1 Å². The van der Waals surface area contributed by atoms with Crippen molar-refractivity contribution < 1.29 is 5.11 Å². The summed E-state index contributed by atoms with van der Waals surface area (Å²) in [5, 5.41) is 13.2. The number of aryl methyl sites for hydroxylation is 1. The van der Waals surface area contributed by atoms with E-state index in [2.05, 4.69) is 62.9 Å². The number of benzene rings is 2. The molecule has 0 aromatic heterocycles. The summed E-state index contributed by atoms with van der Waals surface area (Å²) in [7, 11) is 0. The van der Waals surface area contributed by atoms with Crippen LogP contribution in [0, 0.1) is 10.5 Å². The van der Waals surface area contributed by atoms with Crippen LogP contribution in [0.2, 0.25) is 0 Å². The van der Waals surface area contributed by atoms with Crippen LogP contribution < -0.4 is 5.32 Å². The average Bonchev–Trinajstić information content (AvgIpc) is 2.35. The molecule has 94 valence electrons. The van der Waals surface area contributed by atoms with E-state index in [1.165, 1.54) is 9.13 Å². The summed E-state index contributed by atoms with van der Waals surface area (Å²) in [4.78, 5) is 0. The number of phenolic OH excluding ortho intramolecular Hbond substituents is 1. The van der Waals surface area contributed by atoms with Crippen molar-refractivity contribution in [2.45, 2.75) is 13.5 Å². The normalized spacial score (nSPS) is 10.4. The molecule has 2 aromatic carbocycles. The molecule has 0 spiro atoms. The molecular weight excluding hydrogens is 405 g/mol. The van der Waals surface area contributed by atoms with Crippen LogP contribution in [0.15, 0.2) is 40.9 Å². The van der Waals surface area contributed by atoms with Gasteiger partial charge in [0.25, 0.3) is 0 Å². The number of halogens is 2. The second-order valence-corrected chi connectivity index (χ2v) is 6.08. The van der Waals surface area contributed by atoms with Crippen LogP contribution in [-0.4, -0.2) is 5.11 Å². The number of anilines is 1. The fraction of sp³-hybridized carbons (Fsp3) is 0.143. The topological polar surface area (TPSA) is 32.3 Å². The molecule has 0 fully saturated rings. The lowest BCUT2D eigenvalue weighted by Gasteiger charge is -2.10. The first-order chi connectivity index (χ1) is 8.58. The van der Waals surface area contributed by atoms with Gasteiger partial charge in [0.2, 0.25) is 0 Å². The van der Waals surface area contributed by atoms with Gasteiger partial charge in [-0.1, -0.05) is 18.2 Å². The Labute approximate surface area is 129 Å². The van der Waals surface area contributed by atoms with Gasteiger partial charge in [-0.25, -0.2) is 0 Å². The van der Waals surface area contributed by atoms with E-state index >= 15 is 0 Å². The van der Waals surface area contributed by atoms with E-state index < -0.39 is 0 Å². The lowest BCUT2D eigenvalue weighted by molar-refractivity contribution is 0.465. The van der Waals surface area contributed by atoms with Crippen molar-refractivity contribution in [3.8, 4) is 5.75 Å². The standard InChI is InChI=1S/C14H13BrINO/c1-9-5-6-11(7-13(9)16)17-8-10-3-2-4-12(15)14(10)18/h2-7,17-18H,8H2,1H3. The first kappa shape index (κ1) is 13.7. The number of aromatic hydroxyl groups is 1. The highest BCUT2D eigenvalue weighted by Crippen LogP contribution is 2.28. The van der Waals surface area contributed by atoms with Crippen molar-refractivity contribution in [3.05, 3.63) is 55.6 Å². The van der Waals surface area contributed by atoms with E-state index in [1.54, 1.807) is 0 Å². The Morgan fingerprint density at radius 1 is 1.28 bits per heavy atom. The smallest absolute Gasteiger partial charge is 0.134 e. The van der Waals surface area contributed by atoms with Gasteiger partial charge in [0, 0.05) is 21.4 Å².